The van der Waals surface area contributed by atoms with E-state index in [1.54, 1.807) is 0 Å². The van der Waals surface area contributed by atoms with Gasteiger partial charge in [-0.05, 0) is 30.2 Å². The zero-order chi connectivity index (χ0) is 9.26. The molecule has 1 aliphatic carbocycles. The van der Waals surface area contributed by atoms with Gasteiger partial charge in [0.1, 0.15) is 0 Å². The summed E-state index contributed by atoms with van der Waals surface area (Å²) in [6.45, 7) is 0. The molecule has 0 amide bonds. The molecule has 13 heavy (non-hydrogen) atoms. The second-order valence-electron chi connectivity index (χ2n) is 3.30. The minimum Gasteiger partial charge on any atom is -0.252 e. The summed E-state index contributed by atoms with van der Waals surface area (Å²) in [5.41, 5.74) is 2.45. The zero-order valence-corrected chi connectivity index (χ0v) is 9.21. The molecule has 0 saturated carbocycles. The Bertz CT molecular complexity index is 341. The van der Waals surface area contributed by atoms with Gasteiger partial charge in [0.05, 0.1) is 11.4 Å². The van der Waals surface area contributed by atoms with Crippen molar-refractivity contribution in [2.24, 2.45) is 7.05 Å². The third kappa shape index (κ3) is 1.82. The van der Waals surface area contributed by atoms with Gasteiger partial charge in [-0.25, -0.2) is 0 Å². The Labute approximate surface area is 86.0 Å². The number of hydrogen-bond donors (Lipinski definition) is 0. The van der Waals surface area contributed by atoms with E-state index in [1.165, 1.54) is 15.9 Å². The van der Waals surface area contributed by atoms with Crippen molar-refractivity contribution in [1.29, 1.82) is 0 Å². The molecule has 0 aliphatic heterocycles. The predicted octanol–water partition coefficient (Wildman–Crippen LogP) is 1.97. The molecule has 0 saturated heterocycles. The number of halogens is 1. The Hall–Kier alpha value is -0.640. The molecule has 0 atom stereocenters. The first-order valence-corrected chi connectivity index (χ1v) is 5.28. The van der Waals surface area contributed by atoms with Crippen LogP contribution in [0.4, 0.5) is 0 Å². The van der Waals surface area contributed by atoms with Crippen LogP contribution in [-0.4, -0.2) is 15.0 Å². The predicted molar refractivity (Wildman–Crippen MR) is 54.7 cm³/mol. The quantitative estimate of drug-likeness (QED) is 0.696. The van der Waals surface area contributed by atoms with Gasteiger partial charge in [0.15, 0.2) is 0 Å². The number of aryl methyl sites for hydroxylation is 2. The number of hydrogen-bond acceptors (Lipinski definition) is 2. The van der Waals surface area contributed by atoms with Gasteiger partial charge in [0.25, 0.3) is 0 Å². The van der Waals surface area contributed by atoms with E-state index in [0.29, 0.717) is 0 Å². The van der Waals surface area contributed by atoms with Crippen LogP contribution in [0.3, 0.4) is 0 Å². The van der Waals surface area contributed by atoms with Gasteiger partial charge >= 0.3 is 0 Å². The second kappa shape index (κ2) is 3.62. The van der Waals surface area contributed by atoms with Gasteiger partial charge in [-0.2, -0.15) is 0 Å². The van der Waals surface area contributed by atoms with Crippen molar-refractivity contribution in [1.82, 2.24) is 15.0 Å². The SMILES string of the molecule is Cn1nnc2c1CC/C(Br)=C\CC2. The van der Waals surface area contributed by atoms with Crippen molar-refractivity contribution in [3.05, 3.63) is 21.9 Å². The number of rotatable bonds is 0. The maximum atomic E-state index is 4.15. The average Bonchev–Trinajstić information content (AvgIpc) is 2.40. The molecule has 0 spiro atoms. The fourth-order valence-corrected chi connectivity index (χ4v) is 2.05. The lowest BCUT2D eigenvalue weighted by molar-refractivity contribution is 0.673. The van der Waals surface area contributed by atoms with Crippen LogP contribution in [0.15, 0.2) is 10.6 Å². The molecule has 1 aromatic heterocycles. The van der Waals surface area contributed by atoms with E-state index in [-0.39, 0.29) is 0 Å². The van der Waals surface area contributed by atoms with E-state index in [2.05, 4.69) is 32.3 Å². The molecule has 1 aromatic rings. The Morgan fingerprint density at radius 1 is 1.38 bits per heavy atom. The van der Waals surface area contributed by atoms with Gasteiger partial charge in [-0.1, -0.05) is 27.2 Å². The lowest BCUT2D eigenvalue weighted by atomic mass is 10.1. The lowest BCUT2D eigenvalue weighted by Crippen LogP contribution is -2.02. The molecule has 0 bridgehead atoms. The summed E-state index contributed by atoms with van der Waals surface area (Å²) < 4.78 is 3.19. The summed E-state index contributed by atoms with van der Waals surface area (Å²) in [7, 11) is 1.96. The summed E-state index contributed by atoms with van der Waals surface area (Å²) in [5, 5.41) is 8.19. The van der Waals surface area contributed by atoms with Gasteiger partial charge < -0.3 is 0 Å². The van der Waals surface area contributed by atoms with Gasteiger partial charge in [-0.15, -0.1) is 5.10 Å². The van der Waals surface area contributed by atoms with Gasteiger partial charge in [0.2, 0.25) is 0 Å². The highest BCUT2D eigenvalue weighted by molar-refractivity contribution is 9.11. The van der Waals surface area contributed by atoms with Crippen molar-refractivity contribution in [3.8, 4) is 0 Å². The van der Waals surface area contributed by atoms with E-state index in [0.717, 1.165) is 25.7 Å². The van der Waals surface area contributed by atoms with Crippen molar-refractivity contribution < 1.29 is 0 Å². The minimum atomic E-state index is 1.01. The molecular formula is C9H12BrN3. The standard InChI is InChI=1S/C9H12BrN3/c1-13-9-6-5-7(10)3-2-4-8(9)11-12-13/h3H,2,4-6H2,1H3/b7-3+. The highest BCUT2D eigenvalue weighted by atomic mass is 79.9. The summed E-state index contributed by atoms with van der Waals surface area (Å²) in [5.74, 6) is 0. The number of fused-ring (bicyclic) bond motifs is 1. The topological polar surface area (TPSA) is 30.7 Å². The Morgan fingerprint density at radius 2 is 2.23 bits per heavy atom. The third-order valence-electron chi connectivity index (χ3n) is 2.37. The van der Waals surface area contributed by atoms with Crippen LogP contribution in [0.1, 0.15) is 24.2 Å². The molecule has 2 rings (SSSR count). The van der Waals surface area contributed by atoms with Gasteiger partial charge in [0, 0.05) is 7.05 Å². The Kier molecular flexibility index (Phi) is 2.49. The Balaban J connectivity index is 2.28. The van der Waals surface area contributed by atoms with Crippen LogP contribution < -0.4 is 0 Å². The summed E-state index contributed by atoms with van der Waals surface area (Å²) in [6, 6.07) is 0. The molecule has 0 aromatic carbocycles. The number of nitrogens with zero attached hydrogens (tertiary/aromatic N) is 3. The normalized spacial score (nSPS) is 21.2. The first-order valence-electron chi connectivity index (χ1n) is 4.49. The highest BCUT2D eigenvalue weighted by Gasteiger charge is 2.12. The van der Waals surface area contributed by atoms with Crippen LogP contribution in [0.25, 0.3) is 0 Å². The molecule has 1 heterocycles. The monoisotopic (exact) mass is 241 g/mol. The first kappa shape index (κ1) is 8.94. The highest BCUT2D eigenvalue weighted by Crippen LogP contribution is 2.20. The smallest absolute Gasteiger partial charge is 0.0862 e. The third-order valence-corrected chi connectivity index (χ3v) is 3.09. The van der Waals surface area contributed by atoms with E-state index in [9.17, 15) is 0 Å². The lowest BCUT2D eigenvalue weighted by Gasteiger charge is -2.07. The van der Waals surface area contributed by atoms with E-state index >= 15 is 0 Å². The Morgan fingerprint density at radius 3 is 3.08 bits per heavy atom. The molecule has 0 unspecified atom stereocenters. The number of aromatic nitrogens is 3. The second-order valence-corrected chi connectivity index (χ2v) is 4.31. The van der Waals surface area contributed by atoms with E-state index in [1.807, 2.05) is 11.7 Å². The van der Waals surface area contributed by atoms with Crippen LogP contribution in [0, 0.1) is 0 Å². The fourth-order valence-electron chi connectivity index (χ4n) is 1.63. The fraction of sp³-hybridized carbons (Fsp3) is 0.556. The van der Waals surface area contributed by atoms with Crippen molar-refractivity contribution >= 4 is 15.9 Å². The zero-order valence-electron chi connectivity index (χ0n) is 7.63. The van der Waals surface area contributed by atoms with E-state index < -0.39 is 0 Å². The summed E-state index contributed by atoms with van der Waals surface area (Å²) in [4.78, 5) is 0. The minimum absolute atomic E-state index is 1.01. The maximum Gasteiger partial charge on any atom is 0.0862 e. The van der Waals surface area contributed by atoms with Crippen LogP contribution in [0.2, 0.25) is 0 Å². The van der Waals surface area contributed by atoms with Gasteiger partial charge in [-0.3, -0.25) is 4.68 Å². The summed E-state index contributed by atoms with van der Waals surface area (Å²) >= 11 is 3.55. The molecule has 0 fully saturated rings. The van der Waals surface area contributed by atoms with Crippen molar-refractivity contribution in [3.63, 3.8) is 0 Å². The molecule has 0 N–H and O–H groups in total. The molecule has 4 heteroatoms. The van der Waals surface area contributed by atoms with Crippen LogP contribution in [-0.2, 0) is 19.9 Å². The van der Waals surface area contributed by atoms with Crippen LogP contribution >= 0.6 is 15.9 Å². The van der Waals surface area contributed by atoms with Crippen LogP contribution in [0.5, 0.6) is 0 Å². The molecule has 70 valence electrons. The molecule has 0 radical (unpaired) electrons. The first-order chi connectivity index (χ1) is 6.27. The van der Waals surface area contributed by atoms with E-state index in [4.69, 9.17) is 0 Å². The molecule has 3 nitrogen and oxygen atoms in total. The largest absolute Gasteiger partial charge is 0.252 e. The average molecular weight is 242 g/mol. The molecular weight excluding hydrogens is 230 g/mol. The molecule has 1 aliphatic rings. The number of allylic oxidation sites excluding steroid dienone is 2. The summed E-state index contributed by atoms with van der Waals surface area (Å²) in [6.07, 6.45) is 6.41. The maximum absolute atomic E-state index is 4.15. The van der Waals surface area contributed by atoms with Crippen molar-refractivity contribution in [2.45, 2.75) is 25.7 Å². The van der Waals surface area contributed by atoms with Crippen molar-refractivity contribution in [2.75, 3.05) is 0 Å².